The first kappa shape index (κ1) is 24.2. The van der Waals surface area contributed by atoms with Crippen LogP contribution in [0.4, 0.5) is 5.69 Å². The molecule has 1 aliphatic heterocycles. The number of anilines is 1. The summed E-state index contributed by atoms with van der Waals surface area (Å²) in [5.41, 5.74) is 3.23. The maximum Gasteiger partial charge on any atom is 0.495 e. The zero-order valence-electron chi connectivity index (χ0n) is 21.2. The van der Waals surface area contributed by atoms with Gasteiger partial charge < -0.3 is 18.6 Å². The van der Waals surface area contributed by atoms with Gasteiger partial charge in [0.25, 0.3) is 0 Å². The van der Waals surface area contributed by atoms with Crippen LogP contribution in [-0.2, 0) is 20.3 Å². The molecular formula is C24H39BN2O3Si. The number of hydrogen-bond acceptors (Lipinski definition) is 5. The number of aromatic nitrogens is 1. The van der Waals surface area contributed by atoms with E-state index in [9.17, 15) is 0 Å². The molecule has 7 heteroatoms. The molecule has 1 aromatic heterocycles. The first-order valence-corrected chi connectivity index (χ1v) is 14.1. The fourth-order valence-electron chi connectivity index (χ4n) is 3.35. The Morgan fingerprint density at radius 2 is 1.58 bits per heavy atom. The van der Waals surface area contributed by atoms with Crippen LogP contribution in [0, 0.1) is 0 Å². The van der Waals surface area contributed by atoms with E-state index >= 15 is 0 Å². The number of rotatable bonds is 5. The zero-order valence-corrected chi connectivity index (χ0v) is 22.2. The van der Waals surface area contributed by atoms with Gasteiger partial charge in [0.2, 0.25) is 0 Å². The molecule has 1 fully saturated rings. The quantitative estimate of drug-likeness (QED) is 0.602. The van der Waals surface area contributed by atoms with Crippen LogP contribution in [0.15, 0.2) is 24.3 Å². The Morgan fingerprint density at radius 3 is 2.10 bits per heavy atom. The second-order valence-electron chi connectivity index (χ2n) is 11.4. The van der Waals surface area contributed by atoms with E-state index in [0.717, 1.165) is 27.7 Å². The van der Waals surface area contributed by atoms with Gasteiger partial charge in [-0.05, 0) is 63.4 Å². The van der Waals surface area contributed by atoms with Crippen molar-refractivity contribution in [3.63, 3.8) is 0 Å². The van der Waals surface area contributed by atoms with Crippen molar-refractivity contribution in [3.8, 4) is 0 Å². The van der Waals surface area contributed by atoms with E-state index in [-0.39, 0.29) is 16.2 Å². The third-order valence-electron chi connectivity index (χ3n) is 7.30. The summed E-state index contributed by atoms with van der Waals surface area (Å²) in [6.45, 7) is 20.2. The maximum absolute atomic E-state index is 6.43. The standard InChI is InChI=1S/C24H39BN2O3Si/c1-22(2,3)31(10,11)28-16-17-12-13-18-19(14-15-20(27(8)9)21(18)26-17)25-29-23(4,5)24(6,7)30-25/h12-15H,16H2,1-11H3. The molecule has 0 N–H and O–H groups in total. The molecule has 1 saturated heterocycles. The smallest absolute Gasteiger partial charge is 0.411 e. The van der Waals surface area contributed by atoms with Crippen molar-refractivity contribution in [2.24, 2.45) is 0 Å². The van der Waals surface area contributed by atoms with Gasteiger partial charge in [-0.25, -0.2) is 4.98 Å². The van der Waals surface area contributed by atoms with Crippen LogP contribution in [0.3, 0.4) is 0 Å². The van der Waals surface area contributed by atoms with Gasteiger partial charge in [-0.1, -0.05) is 32.9 Å². The molecule has 31 heavy (non-hydrogen) atoms. The average Bonchev–Trinajstić information content (AvgIpc) is 2.85. The van der Waals surface area contributed by atoms with Gasteiger partial charge in [0.1, 0.15) is 0 Å². The molecule has 5 nitrogen and oxygen atoms in total. The molecule has 0 saturated carbocycles. The Labute approximate surface area is 189 Å². The van der Waals surface area contributed by atoms with Crippen LogP contribution in [0.5, 0.6) is 0 Å². The van der Waals surface area contributed by atoms with Crippen LogP contribution in [0.2, 0.25) is 18.1 Å². The van der Waals surface area contributed by atoms with Crippen molar-refractivity contribution in [3.05, 3.63) is 30.0 Å². The molecule has 0 amide bonds. The van der Waals surface area contributed by atoms with Crippen LogP contribution >= 0.6 is 0 Å². The highest BCUT2D eigenvalue weighted by molar-refractivity contribution is 6.74. The number of hydrogen-bond donors (Lipinski definition) is 0. The Kier molecular flexibility index (Phi) is 6.15. The van der Waals surface area contributed by atoms with E-state index in [4.69, 9.17) is 18.7 Å². The fourth-order valence-corrected chi connectivity index (χ4v) is 4.29. The van der Waals surface area contributed by atoms with Crippen LogP contribution < -0.4 is 10.4 Å². The summed E-state index contributed by atoms with van der Waals surface area (Å²) in [5.74, 6) is 0. The topological polar surface area (TPSA) is 43.8 Å². The van der Waals surface area contributed by atoms with E-state index in [1.54, 1.807) is 0 Å². The lowest BCUT2D eigenvalue weighted by molar-refractivity contribution is 0.00578. The number of nitrogens with zero attached hydrogens (tertiary/aromatic N) is 2. The summed E-state index contributed by atoms with van der Waals surface area (Å²) in [7, 11) is 1.83. The third-order valence-corrected chi connectivity index (χ3v) is 11.8. The summed E-state index contributed by atoms with van der Waals surface area (Å²) in [6, 6.07) is 8.42. The van der Waals surface area contributed by atoms with Crippen molar-refractivity contribution in [1.29, 1.82) is 0 Å². The summed E-state index contributed by atoms with van der Waals surface area (Å²) in [5, 5.41) is 1.23. The molecule has 0 radical (unpaired) electrons. The van der Waals surface area contributed by atoms with E-state index in [1.165, 1.54) is 0 Å². The van der Waals surface area contributed by atoms with Crippen LogP contribution in [0.25, 0.3) is 10.9 Å². The summed E-state index contributed by atoms with van der Waals surface area (Å²) >= 11 is 0. The van der Waals surface area contributed by atoms with E-state index in [0.29, 0.717) is 6.61 Å². The van der Waals surface area contributed by atoms with Gasteiger partial charge in [0.05, 0.1) is 34.7 Å². The largest absolute Gasteiger partial charge is 0.495 e. The second-order valence-corrected chi connectivity index (χ2v) is 16.2. The Hall–Kier alpha value is -1.41. The van der Waals surface area contributed by atoms with Crippen LogP contribution in [-0.4, -0.2) is 45.7 Å². The first-order chi connectivity index (χ1) is 14.1. The van der Waals surface area contributed by atoms with Gasteiger partial charge in [-0.2, -0.15) is 0 Å². The highest BCUT2D eigenvalue weighted by Gasteiger charge is 2.52. The summed E-state index contributed by atoms with van der Waals surface area (Å²) < 4.78 is 19.1. The SMILES string of the molecule is CN(C)c1ccc(B2OC(C)(C)C(C)(C)O2)c2ccc(CO[Si](C)(C)C(C)(C)C)nc12. The molecule has 0 aliphatic carbocycles. The minimum absolute atomic E-state index is 0.169. The molecule has 170 valence electrons. The minimum atomic E-state index is -1.85. The number of pyridine rings is 1. The Morgan fingerprint density at radius 1 is 1.00 bits per heavy atom. The highest BCUT2D eigenvalue weighted by Crippen LogP contribution is 2.38. The monoisotopic (exact) mass is 442 g/mol. The predicted octanol–water partition coefficient (Wildman–Crippen LogP) is 5.12. The number of fused-ring (bicyclic) bond motifs is 1. The molecule has 0 bridgehead atoms. The lowest BCUT2D eigenvalue weighted by atomic mass is 9.76. The molecule has 3 rings (SSSR count). The molecule has 2 heterocycles. The van der Waals surface area contributed by atoms with Crippen molar-refractivity contribution in [1.82, 2.24) is 4.98 Å². The van der Waals surface area contributed by atoms with Crippen molar-refractivity contribution in [2.75, 3.05) is 19.0 Å². The second kappa shape index (κ2) is 7.87. The molecular weight excluding hydrogens is 403 g/mol. The molecule has 0 spiro atoms. The minimum Gasteiger partial charge on any atom is -0.411 e. The van der Waals surface area contributed by atoms with Crippen molar-refractivity contribution < 1.29 is 13.7 Å². The lowest BCUT2D eigenvalue weighted by Crippen LogP contribution is -2.41. The van der Waals surface area contributed by atoms with Gasteiger partial charge >= 0.3 is 7.12 Å². The highest BCUT2D eigenvalue weighted by atomic mass is 28.4. The van der Waals surface area contributed by atoms with Crippen molar-refractivity contribution >= 4 is 37.5 Å². The van der Waals surface area contributed by atoms with E-state index < -0.39 is 15.4 Å². The first-order valence-electron chi connectivity index (χ1n) is 11.2. The Bertz CT molecular complexity index is 951. The predicted molar refractivity (Wildman–Crippen MR) is 134 cm³/mol. The summed E-state index contributed by atoms with van der Waals surface area (Å²) in [4.78, 5) is 7.13. The molecule has 2 aromatic rings. The maximum atomic E-state index is 6.43. The van der Waals surface area contributed by atoms with Gasteiger partial charge in [0, 0.05) is 19.5 Å². The van der Waals surface area contributed by atoms with Gasteiger partial charge in [0.15, 0.2) is 8.32 Å². The lowest BCUT2D eigenvalue weighted by Gasteiger charge is -2.36. The normalized spacial score (nSPS) is 18.6. The molecule has 1 aromatic carbocycles. The van der Waals surface area contributed by atoms with E-state index in [2.05, 4.69) is 90.7 Å². The average molecular weight is 442 g/mol. The van der Waals surface area contributed by atoms with Gasteiger partial charge in [-0.15, -0.1) is 0 Å². The fraction of sp³-hybridized carbons (Fsp3) is 0.625. The van der Waals surface area contributed by atoms with E-state index in [1.807, 2.05) is 14.1 Å². The molecule has 0 unspecified atom stereocenters. The summed E-state index contributed by atoms with van der Waals surface area (Å²) in [6.07, 6.45) is 0. The van der Waals surface area contributed by atoms with Crippen molar-refractivity contribution in [2.45, 2.75) is 84.4 Å². The molecule has 1 aliphatic rings. The number of benzene rings is 1. The van der Waals surface area contributed by atoms with Gasteiger partial charge in [-0.3, -0.25) is 0 Å². The Balaban J connectivity index is 2.00. The van der Waals surface area contributed by atoms with Crippen LogP contribution in [0.1, 0.15) is 54.2 Å². The molecule has 0 atom stereocenters. The third kappa shape index (κ3) is 4.56. The zero-order chi connectivity index (χ0) is 23.4.